The fourth-order valence-electron chi connectivity index (χ4n) is 3.09. The van der Waals surface area contributed by atoms with Gasteiger partial charge >= 0.3 is 0 Å². The molecule has 0 saturated heterocycles. The molecule has 0 aliphatic carbocycles. The topological polar surface area (TPSA) is 19.4 Å². The van der Waals surface area contributed by atoms with E-state index in [1.807, 2.05) is 12.4 Å². The van der Waals surface area contributed by atoms with Crippen molar-refractivity contribution < 1.29 is 0 Å². The SMILES string of the molecule is CN(C)Cc1ccc(-c2cncc(-c3ccc(CN(C)C)cc3)c2)cc1. The average Bonchev–Trinajstić information content (AvgIpc) is 2.62. The molecule has 0 radical (unpaired) electrons. The highest BCUT2D eigenvalue weighted by atomic mass is 15.1. The molecule has 3 rings (SSSR count). The van der Waals surface area contributed by atoms with Crippen molar-refractivity contribution in [1.82, 2.24) is 14.8 Å². The van der Waals surface area contributed by atoms with Gasteiger partial charge in [-0.2, -0.15) is 0 Å². The van der Waals surface area contributed by atoms with Crippen molar-refractivity contribution in [3.8, 4) is 22.3 Å². The molecule has 0 saturated carbocycles. The smallest absolute Gasteiger partial charge is 0.0346 e. The number of hydrogen-bond acceptors (Lipinski definition) is 3. The van der Waals surface area contributed by atoms with Crippen LogP contribution >= 0.6 is 0 Å². The maximum atomic E-state index is 4.46. The van der Waals surface area contributed by atoms with E-state index in [0.29, 0.717) is 0 Å². The first kappa shape index (κ1) is 18.3. The molecule has 1 heterocycles. The third kappa shape index (κ3) is 4.78. The fourth-order valence-corrected chi connectivity index (χ4v) is 3.09. The van der Waals surface area contributed by atoms with E-state index in [4.69, 9.17) is 0 Å². The number of rotatable bonds is 6. The molecule has 0 spiro atoms. The van der Waals surface area contributed by atoms with E-state index in [1.54, 1.807) is 0 Å². The Morgan fingerprint density at radius 2 is 0.962 bits per heavy atom. The summed E-state index contributed by atoms with van der Waals surface area (Å²) in [4.78, 5) is 8.82. The van der Waals surface area contributed by atoms with Crippen LogP contribution in [0.3, 0.4) is 0 Å². The number of nitrogens with zero attached hydrogens (tertiary/aromatic N) is 3. The maximum Gasteiger partial charge on any atom is 0.0346 e. The summed E-state index contributed by atoms with van der Waals surface area (Å²) in [5.41, 5.74) is 7.34. The van der Waals surface area contributed by atoms with Crippen molar-refractivity contribution in [2.75, 3.05) is 28.2 Å². The Kier molecular flexibility index (Phi) is 5.82. The molecule has 26 heavy (non-hydrogen) atoms. The predicted octanol–water partition coefficient (Wildman–Crippen LogP) is 4.54. The molecule has 0 bridgehead atoms. The second kappa shape index (κ2) is 8.26. The van der Waals surface area contributed by atoms with Gasteiger partial charge in [-0.05, 0) is 56.5 Å². The normalized spacial score (nSPS) is 11.3. The summed E-state index contributed by atoms with van der Waals surface area (Å²) in [7, 11) is 8.35. The third-order valence-corrected chi connectivity index (χ3v) is 4.31. The van der Waals surface area contributed by atoms with E-state index in [2.05, 4.69) is 97.6 Å². The minimum Gasteiger partial charge on any atom is -0.305 e. The van der Waals surface area contributed by atoms with Gasteiger partial charge in [0.05, 0.1) is 0 Å². The van der Waals surface area contributed by atoms with Crippen molar-refractivity contribution in [2.45, 2.75) is 13.1 Å². The van der Waals surface area contributed by atoms with Gasteiger partial charge in [0.15, 0.2) is 0 Å². The Labute approximate surface area is 156 Å². The van der Waals surface area contributed by atoms with Crippen LogP contribution in [0.5, 0.6) is 0 Å². The lowest BCUT2D eigenvalue weighted by Crippen LogP contribution is -2.10. The summed E-state index contributed by atoms with van der Waals surface area (Å²) >= 11 is 0. The third-order valence-electron chi connectivity index (χ3n) is 4.31. The zero-order valence-electron chi connectivity index (χ0n) is 16.1. The second-order valence-corrected chi connectivity index (χ2v) is 7.33. The summed E-state index contributed by atoms with van der Waals surface area (Å²) in [6.07, 6.45) is 3.87. The molecule has 0 atom stereocenters. The quantitative estimate of drug-likeness (QED) is 0.654. The molecular formula is C23H27N3. The Bertz CT molecular complexity index is 765. The zero-order chi connectivity index (χ0) is 18.5. The first-order chi connectivity index (χ1) is 12.5. The van der Waals surface area contributed by atoms with Gasteiger partial charge in [-0.3, -0.25) is 4.98 Å². The highest BCUT2D eigenvalue weighted by Gasteiger charge is 2.04. The number of pyridine rings is 1. The van der Waals surface area contributed by atoms with Crippen molar-refractivity contribution in [3.63, 3.8) is 0 Å². The fraction of sp³-hybridized carbons (Fsp3) is 0.261. The molecule has 0 fully saturated rings. The molecule has 1 aromatic heterocycles. The van der Waals surface area contributed by atoms with Crippen molar-refractivity contribution >= 4 is 0 Å². The lowest BCUT2D eigenvalue weighted by atomic mass is 10.0. The predicted molar refractivity (Wildman–Crippen MR) is 110 cm³/mol. The molecule has 0 aliphatic heterocycles. The van der Waals surface area contributed by atoms with Gasteiger partial charge in [-0.1, -0.05) is 48.5 Å². The minimum atomic E-state index is 0.956. The van der Waals surface area contributed by atoms with Crippen LogP contribution in [-0.4, -0.2) is 43.0 Å². The summed E-state index contributed by atoms with van der Waals surface area (Å²) in [5.74, 6) is 0. The largest absolute Gasteiger partial charge is 0.305 e. The summed E-state index contributed by atoms with van der Waals surface area (Å²) in [5, 5.41) is 0. The molecule has 134 valence electrons. The van der Waals surface area contributed by atoms with Crippen LogP contribution in [0.15, 0.2) is 67.0 Å². The Morgan fingerprint density at radius 3 is 1.31 bits per heavy atom. The Hall–Kier alpha value is -2.49. The van der Waals surface area contributed by atoms with Gasteiger partial charge in [-0.25, -0.2) is 0 Å². The standard InChI is InChI=1S/C23H27N3/c1-25(2)16-18-5-9-20(10-6-18)22-13-23(15-24-14-22)21-11-7-19(8-12-21)17-26(3)4/h5-15H,16-17H2,1-4H3. The summed E-state index contributed by atoms with van der Waals surface area (Å²) in [6.45, 7) is 1.91. The zero-order valence-corrected chi connectivity index (χ0v) is 16.1. The molecule has 0 unspecified atom stereocenters. The molecule has 3 aromatic rings. The Morgan fingerprint density at radius 1 is 0.577 bits per heavy atom. The maximum absolute atomic E-state index is 4.46. The van der Waals surface area contributed by atoms with Crippen molar-refractivity contribution in [3.05, 3.63) is 78.1 Å². The summed E-state index contributed by atoms with van der Waals surface area (Å²) in [6, 6.07) is 19.7. The van der Waals surface area contributed by atoms with Gasteiger partial charge in [-0.15, -0.1) is 0 Å². The van der Waals surface area contributed by atoms with Crippen molar-refractivity contribution in [1.29, 1.82) is 0 Å². The molecule has 0 aliphatic rings. The van der Waals surface area contributed by atoms with Gasteiger partial charge in [0.2, 0.25) is 0 Å². The van der Waals surface area contributed by atoms with E-state index in [-0.39, 0.29) is 0 Å². The van der Waals surface area contributed by atoms with Gasteiger partial charge in [0.25, 0.3) is 0 Å². The average molecular weight is 345 g/mol. The number of hydrogen-bond donors (Lipinski definition) is 0. The van der Waals surface area contributed by atoms with Crippen LogP contribution in [0.2, 0.25) is 0 Å². The first-order valence-electron chi connectivity index (χ1n) is 8.94. The van der Waals surface area contributed by atoms with Gasteiger partial charge < -0.3 is 9.80 Å². The first-order valence-corrected chi connectivity index (χ1v) is 8.94. The van der Waals surface area contributed by atoms with Crippen LogP contribution in [0, 0.1) is 0 Å². The lowest BCUT2D eigenvalue weighted by molar-refractivity contribution is 0.402. The molecule has 2 aromatic carbocycles. The monoisotopic (exact) mass is 345 g/mol. The second-order valence-electron chi connectivity index (χ2n) is 7.33. The van der Waals surface area contributed by atoms with E-state index in [0.717, 1.165) is 24.2 Å². The number of aromatic nitrogens is 1. The molecule has 0 amide bonds. The lowest BCUT2D eigenvalue weighted by Gasteiger charge is -2.11. The van der Waals surface area contributed by atoms with Gasteiger partial charge in [0.1, 0.15) is 0 Å². The molecule has 3 heteroatoms. The van der Waals surface area contributed by atoms with Crippen LogP contribution in [0.1, 0.15) is 11.1 Å². The van der Waals surface area contributed by atoms with Crippen molar-refractivity contribution in [2.24, 2.45) is 0 Å². The van der Waals surface area contributed by atoms with E-state index in [9.17, 15) is 0 Å². The minimum absolute atomic E-state index is 0.956. The van der Waals surface area contributed by atoms with Crippen LogP contribution < -0.4 is 0 Å². The van der Waals surface area contributed by atoms with E-state index in [1.165, 1.54) is 22.3 Å². The van der Waals surface area contributed by atoms with Crippen LogP contribution in [0.4, 0.5) is 0 Å². The summed E-state index contributed by atoms with van der Waals surface area (Å²) < 4.78 is 0. The highest BCUT2D eigenvalue weighted by molar-refractivity contribution is 5.71. The molecular weight excluding hydrogens is 318 g/mol. The highest BCUT2D eigenvalue weighted by Crippen LogP contribution is 2.26. The Balaban J connectivity index is 1.81. The molecule has 0 N–H and O–H groups in total. The van der Waals surface area contributed by atoms with E-state index < -0.39 is 0 Å². The van der Waals surface area contributed by atoms with E-state index >= 15 is 0 Å². The van der Waals surface area contributed by atoms with Crippen LogP contribution in [0.25, 0.3) is 22.3 Å². The van der Waals surface area contributed by atoms with Gasteiger partial charge in [0, 0.05) is 36.6 Å². The number of benzene rings is 2. The molecule has 3 nitrogen and oxygen atoms in total. The van der Waals surface area contributed by atoms with Crippen LogP contribution in [-0.2, 0) is 13.1 Å².